The van der Waals surface area contributed by atoms with E-state index in [1.54, 1.807) is 6.07 Å². The summed E-state index contributed by atoms with van der Waals surface area (Å²) in [5.41, 5.74) is 0.850. The first-order chi connectivity index (χ1) is 7.65. The number of hydrogen-bond acceptors (Lipinski definition) is 2. The van der Waals surface area contributed by atoms with Gasteiger partial charge >= 0.3 is 0 Å². The fraction of sp³-hybridized carbons (Fsp3) is 0.500. The van der Waals surface area contributed by atoms with Crippen LogP contribution in [0.5, 0.6) is 0 Å². The van der Waals surface area contributed by atoms with Crippen molar-refractivity contribution in [2.24, 2.45) is 5.41 Å². The fourth-order valence-corrected chi connectivity index (χ4v) is 2.51. The van der Waals surface area contributed by atoms with Gasteiger partial charge in [-0.25, -0.2) is 0 Å². The third-order valence-corrected chi connectivity index (χ3v) is 3.69. The molecule has 88 valence electrons. The number of aliphatic hydroxyl groups excluding tert-OH is 1. The highest BCUT2D eigenvalue weighted by Crippen LogP contribution is 2.34. The van der Waals surface area contributed by atoms with Crippen LogP contribution < -0.4 is 0 Å². The van der Waals surface area contributed by atoms with Crippen molar-refractivity contribution in [1.29, 1.82) is 0 Å². The molecule has 1 atom stereocenters. The standard InChI is InChI=1S/C12H14Cl2O2/c13-10-2-1-9(11(14)5-10)6-12(7-15)3-4-16-8-12/h1-2,5,15H,3-4,6-8H2. The van der Waals surface area contributed by atoms with Crippen LogP contribution in [0.1, 0.15) is 12.0 Å². The quantitative estimate of drug-likeness (QED) is 0.906. The molecule has 1 saturated heterocycles. The lowest BCUT2D eigenvalue weighted by Gasteiger charge is -2.25. The van der Waals surface area contributed by atoms with Crippen LogP contribution in [0.4, 0.5) is 0 Å². The Hall–Kier alpha value is -0.280. The zero-order chi connectivity index (χ0) is 11.6. The molecule has 0 amide bonds. The molecule has 0 bridgehead atoms. The molecule has 1 heterocycles. The third kappa shape index (κ3) is 2.51. The minimum absolute atomic E-state index is 0.131. The Labute approximate surface area is 105 Å². The monoisotopic (exact) mass is 260 g/mol. The second-order valence-electron chi connectivity index (χ2n) is 4.37. The van der Waals surface area contributed by atoms with Gasteiger partial charge in [-0.15, -0.1) is 0 Å². The van der Waals surface area contributed by atoms with Crippen molar-refractivity contribution in [2.75, 3.05) is 19.8 Å². The summed E-state index contributed by atoms with van der Waals surface area (Å²) in [4.78, 5) is 0. The maximum Gasteiger partial charge on any atom is 0.0548 e. The smallest absolute Gasteiger partial charge is 0.0548 e. The third-order valence-electron chi connectivity index (χ3n) is 3.10. The number of ether oxygens (including phenoxy) is 1. The maximum absolute atomic E-state index is 9.47. The van der Waals surface area contributed by atoms with Gasteiger partial charge in [0.05, 0.1) is 13.2 Å². The molecular formula is C12H14Cl2O2. The number of benzene rings is 1. The molecule has 2 rings (SSSR count). The molecule has 1 N–H and O–H groups in total. The van der Waals surface area contributed by atoms with Crippen LogP contribution in [0.15, 0.2) is 18.2 Å². The molecule has 1 fully saturated rings. The van der Waals surface area contributed by atoms with Gasteiger partial charge < -0.3 is 9.84 Å². The fourth-order valence-electron chi connectivity index (χ4n) is 2.04. The Balaban J connectivity index is 2.19. The summed E-state index contributed by atoms with van der Waals surface area (Å²) in [6, 6.07) is 5.48. The minimum Gasteiger partial charge on any atom is -0.396 e. The van der Waals surface area contributed by atoms with E-state index in [4.69, 9.17) is 27.9 Å². The molecule has 1 aromatic rings. The van der Waals surface area contributed by atoms with Gasteiger partial charge in [0.2, 0.25) is 0 Å². The Bertz CT molecular complexity index is 373. The van der Waals surface area contributed by atoms with E-state index >= 15 is 0 Å². The van der Waals surface area contributed by atoms with Crippen molar-refractivity contribution in [2.45, 2.75) is 12.8 Å². The van der Waals surface area contributed by atoms with E-state index < -0.39 is 0 Å². The van der Waals surface area contributed by atoms with Gasteiger partial charge in [-0.05, 0) is 30.5 Å². The lowest BCUT2D eigenvalue weighted by molar-refractivity contribution is 0.0935. The molecule has 0 saturated carbocycles. The maximum atomic E-state index is 9.47. The largest absolute Gasteiger partial charge is 0.396 e. The van der Waals surface area contributed by atoms with E-state index in [0.717, 1.165) is 18.4 Å². The lowest BCUT2D eigenvalue weighted by atomic mass is 9.82. The number of rotatable bonds is 3. The summed E-state index contributed by atoms with van der Waals surface area (Å²) < 4.78 is 5.36. The summed E-state index contributed by atoms with van der Waals surface area (Å²) in [6.45, 7) is 1.44. The molecule has 0 aliphatic carbocycles. The van der Waals surface area contributed by atoms with Crippen molar-refractivity contribution >= 4 is 23.2 Å². The zero-order valence-corrected chi connectivity index (χ0v) is 10.4. The van der Waals surface area contributed by atoms with Crippen molar-refractivity contribution < 1.29 is 9.84 Å². The zero-order valence-electron chi connectivity index (χ0n) is 8.88. The molecule has 0 aromatic heterocycles. The molecule has 1 aliphatic heterocycles. The van der Waals surface area contributed by atoms with Gasteiger partial charge in [0.25, 0.3) is 0 Å². The first-order valence-electron chi connectivity index (χ1n) is 5.28. The van der Waals surface area contributed by atoms with Crippen LogP contribution in [0.3, 0.4) is 0 Å². The summed E-state index contributed by atoms with van der Waals surface area (Å²) in [7, 11) is 0. The van der Waals surface area contributed by atoms with E-state index in [1.165, 1.54) is 0 Å². The normalized spacial score (nSPS) is 24.9. The molecule has 1 unspecified atom stereocenters. The van der Waals surface area contributed by atoms with Crippen molar-refractivity contribution in [3.05, 3.63) is 33.8 Å². The minimum atomic E-state index is -0.169. The first-order valence-corrected chi connectivity index (χ1v) is 6.03. The molecule has 0 spiro atoms. The van der Waals surface area contributed by atoms with Crippen molar-refractivity contribution in [3.63, 3.8) is 0 Å². The predicted molar refractivity (Wildman–Crippen MR) is 65.1 cm³/mol. The molecule has 1 aromatic carbocycles. The van der Waals surface area contributed by atoms with Gasteiger partial charge in [0.1, 0.15) is 0 Å². The molecule has 4 heteroatoms. The van der Waals surface area contributed by atoms with Crippen molar-refractivity contribution in [3.8, 4) is 0 Å². The van der Waals surface area contributed by atoms with Gasteiger partial charge in [-0.3, -0.25) is 0 Å². The number of halogens is 2. The van der Waals surface area contributed by atoms with Gasteiger partial charge in [0.15, 0.2) is 0 Å². The molecule has 0 radical (unpaired) electrons. The molecular weight excluding hydrogens is 247 g/mol. The van der Waals surface area contributed by atoms with Crippen LogP contribution >= 0.6 is 23.2 Å². The molecule has 1 aliphatic rings. The SMILES string of the molecule is OCC1(Cc2ccc(Cl)cc2Cl)CCOC1. The second-order valence-corrected chi connectivity index (χ2v) is 5.22. The summed E-state index contributed by atoms with van der Waals surface area (Å²) in [5.74, 6) is 0. The molecule has 2 nitrogen and oxygen atoms in total. The predicted octanol–water partition coefficient (Wildman–Crippen LogP) is 2.93. The Morgan fingerprint density at radius 2 is 2.19 bits per heavy atom. The average Bonchev–Trinajstić information content (AvgIpc) is 2.72. The second kappa shape index (κ2) is 4.92. The van der Waals surface area contributed by atoms with E-state index in [2.05, 4.69) is 0 Å². The van der Waals surface area contributed by atoms with Crippen LogP contribution in [0.25, 0.3) is 0 Å². The summed E-state index contributed by atoms with van der Waals surface area (Å²) in [6.07, 6.45) is 1.61. The average molecular weight is 261 g/mol. The van der Waals surface area contributed by atoms with E-state index in [0.29, 0.717) is 23.3 Å². The molecule has 16 heavy (non-hydrogen) atoms. The Morgan fingerprint density at radius 1 is 1.38 bits per heavy atom. The van der Waals surface area contributed by atoms with E-state index in [-0.39, 0.29) is 12.0 Å². The Morgan fingerprint density at radius 3 is 2.75 bits per heavy atom. The van der Waals surface area contributed by atoms with Crippen molar-refractivity contribution in [1.82, 2.24) is 0 Å². The topological polar surface area (TPSA) is 29.5 Å². The lowest BCUT2D eigenvalue weighted by Crippen LogP contribution is -2.28. The summed E-state index contributed by atoms with van der Waals surface area (Å²) in [5, 5.41) is 10.8. The van der Waals surface area contributed by atoms with Gasteiger partial charge in [-0.1, -0.05) is 29.3 Å². The van der Waals surface area contributed by atoms with Gasteiger partial charge in [0, 0.05) is 22.1 Å². The van der Waals surface area contributed by atoms with Crippen LogP contribution in [0.2, 0.25) is 10.0 Å². The van der Waals surface area contributed by atoms with E-state index in [9.17, 15) is 5.11 Å². The Kier molecular flexibility index (Phi) is 3.75. The highest BCUT2D eigenvalue weighted by molar-refractivity contribution is 6.35. The summed E-state index contributed by atoms with van der Waals surface area (Å²) >= 11 is 12.0. The highest BCUT2D eigenvalue weighted by Gasteiger charge is 2.34. The number of aliphatic hydroxyl groups is 1. The first kappa shape index (κ1) is 12.2. The van der Waals surface area contributed by atoms with Crippen LogP contribution in [-0.2, 0) is 11.2 Å². The van der Waals surface area contributed by atoms with Crippen LogP contribution in [0, 0.1) is 5.41 Å². The number of hydrogen-bond donors (Lipinski definition) is 1. The van der Waals surface area contributed by atoms with Crippen LogP contribution in [-0.4, -0.2) is 24.9 Å². The highest BCUT2D eigenvalue weighted by atomic mass is 35.5. The van der Waals surface area contributed by atoms with Gasteiger partial charge in [-0.2, -0.15) is 0 Å². The van der Waals surface area contributed by atoms with E-state index in [1.807, 2.05) is 12.1 Å².